The van der Waals surface area contributed by atoms with Crippen molar-refractivity contribution in [1.29, 1.82) is 0 Å². The molecule has 0 aromatic carbocycles. The van der Waals surface area contributed by atoms with Gasteiger partial charge >= 0.3 is 0 Å². The Labute approximate surface area is 91.3 Å². The number of aromatic nitrogens is 2. The van der Waals surface area contributed by atoms with Crippen molar-refractivity contribution in [2.24, 2.45) is 0 Å². The molecule has 5 heteroatoms. The Kier molecular flexibility index (Phi) is 3.13. The van der Waals surface area contributed by atoms with Gasteiger partial charge in [-0.3, -0.25) is 9.78 Å². The van der Waals surface area contributed by atoms with E-state index in [4.69, 9.17) is 11.6 Å². The Balaban J connectivity index is 2.26. The maximum atomic E-state index is 11.6. The van der Waals surface area contributed by atoms with Gasteiger partial charge in [0.15, 0.2) is 0 Å². The first-order chi connectivity index (χ1) is 6.77. The van der Waals surface area contributed by atoms with Gasteiger partial charge in [0.2, 0.25) is 5.28 Å². The Morgan fingerprint density at radius 2 is 2.21 bits per heavy atom. The molecule has 0 spiro atoms. The summed E-state index contributed by atoms with van der Waals surface area (Å²) in [4.78, 5) is 18.0. The van der Waals surface area contributed by atoms with E-state index in [-0.39, 0.29) is 10.8 Å². The van der Waals surface area contributed by atoms with E-state index >= 15 is 0 Å². The van der Waals surface area contributed by atoms with Gasteiger partial charge in [-0.05, 0) is 41.9 Å². The maximum absolute atomic E-state index is 11.6. The molecule has 1 aliphatic heterocycles. The quantitative estimate of drug-likeness (QED) is 0.751. The molecular formula is C9H11ClN2OS. The predicted octanol–water partition coefficient (Wildman–Crippen LogP) is 2.03. The summed E-state index contributed by atoms with van der Waals surface area (Å²) in [5.74, 6) is 2.63. The second-order valence-electron chi connectivity index (χ2n) is 3.35. The minimum atomic E-state index is -0.0816. The number of hydrogen-bond donors (Lipinski definition) is 1. The SMILES string of the molecule is O=c1[nH]c(Cl)ncc1C1CCSCC1. The monoisotopic (exact) mass is 230 g/mol. The molecule has 2 heterocycles. The van der Waals surface area contributed by atoms with Crippen LogP contribution in [0.5, 0.6) is 0 Å². The van der Waals surface area contributed by atoms with Gasteiger partial charge < -0.3 is 0 Å². The second-order valence-corrected chi connectivity index (χ2v) is 4.93. The lowest BCUT2D eigenvalue weighted by Crippen LogP contribution is -2.20. The topological polar surface area (TPSA) is 45.8 Å². The van der Waals surface area contributed by atoms with Crippen LogP contribution in [0.3, 0.4) is 0 Å². The highest BCUT2D eigenvalue weighted by atomic mass is 35.5. The first-order valence-electron chi connectivity index (χ1n) is 4.60. The van der Waals surface area contributed by atoms with Gasteiger partial charge in [-0.2, -0.15) is 11.8 Å². The lowest BCUT2D eigenvalue weighted by Gasteiger charge is -2.20. The highest BCUT2D eigenvalue weighted by molar-refractivity contribution is 7.99. The number of nitrogens with one attached hydrogen (secondary N) is 1. The fourth-order valence-electron chi connectivity index (χ4n) is 1.68. The average molecular weight is 231 g/mol. The maximum Gasteiger partial charge on any atom is 0.255 e. The minimum Gasteiger partial charge on any atom is -0.297 e. The van der Waals surface area contributed by atoms with Crippen LogP contribution in [-0.4, -0.2) is 21.5 Å². The lowest BCUT2D eigenvalue weighted by atomic mass is 9.96. The zero-order valence-corrected chi connectivity index (χ0v) is 9.20. The van der Waals surface area contributed by atoms with Gasteiger partial charge in [0, 0.05) is 11.8 Å². The van der Waals surface area contributed by atoms with Crippen LogP contribution in [0, 0.1) is 0 Å². The molecule has 1 N–H and O–H groups in total. The molecule has 0 atom stereocenters. The molecule has 0 bridgehead atoms. The van der Waals surface area contributed by atoms with Crippen LogP contribution in [-0.2, 0) is 0 Å². The third kappa shape index (κ3) is 2.12. The van der Waals surface area contributed by atoms with Crippen molar-refractivity contribution in [3.8, 4) is 0 Å². The van der Waals surface area contributed by atoms with Gasteiger partial charge in [-0.15, -0.1) is 0 Å². The van der Waals surface area contributed by atoms with Crippen molar-refractivity contribution in [2.75, 3.05) is 11.5 Å². The van der Waals surface area contributed by atoms with E-state index in [0.717, 1.165) is 29.9 Å². The molecule has 0 unspecified atom stereocenters. The highest BCUT2D eigenvalue weighted by Gasteiger charge is 2.18. The lowest BCUT2D eigenvalue weighted by molar-refractivity contribution is 0.626. The molecule has 0 amide bonds. The molecule has 1 fully saturated rings. The summed E-state index contributed by atoms with van der Waals surface area (Å²) in [6.45, 7) is 0. The van der Waals surface area contributed by atoms with Gasteiger partial charge in [0.1, 0.15) is 0 Å². The predicted molar refractivity (Wildman–Crippen MR) is 59.2 cm³/mol. The fourth-order valence-corrected chi connectivity index (χ4v) is 2.92. The summed E-state index contributed by atoms with van der Waals surface area (Å²) < 4.78 is 0. The van der Waals surface area contributed by atoms with Crippen LogP contribution in [0.1, 0.15) is 24.3 Å². The molecule has 1 saturated heterocycles. The first-order valence-corrected chi connectivity index (χ1v) is 6.13. The van der Waals surface area contributed by atoms with Crippen molar-refractivity contribution in [1.82, 2.24) is 9.97 Å². The molecular weight excluding hydrogens is 220 g/mol. The van der Waals surface area contributed by atoms with Crippen LogP contribution in [0.25, 0.3) is 0 Å². The molecule has 76 valence electrons. The van der Waals surface area contributed by atoms with E-state index in [1.165, 1.54) is 0 Å². The number of H-pyrrole nitrogens is 1. The number of aromatic amines is 1. The number of thioether (sulfide) groups is 1. The van der Waals surface area contributed by atoms with Crippen LogP contribution >= 0.6 is 23.4 Å². The molecule has 0 radical (unpaired) electrons. The molecule has 1 aliphatic rings. The Morgan fingerprint density at radius 3 is 2.86 bits per heavy atom. The summed E-state index contributed by atoms with van der Waals surface area (Å²) in [5.41, 5.74) is 0.705. The zero-order chi connectivity index (χ0) is 9.97. The van der Waals surface area contributed by atoms with E-state index in [1.807, 2.05) is 11.8 Å². The number of halogens is 1. The number of hydrogen-bond acceptors (Lipinski definition) is 3. The third-order valence-corrected chi connectivity index (χ3v) is 3.70. The van der Waals surface area contributed by atoms with Gasteiger partial charge in [-0.1, -0.05) is 0 Å². The minimum absolute atomic E-state index is 0.0816. The third-order valence-electron chi connectivity index (χ3n) is 2.46. The van der Waals surface area contributed by atoms with Gasteiger partial charge in [0.25, 0.3) is 5.56 Å². The van der Waals surface area contributed by atoms with Crippen LogP contribution in [0.4, 0.5) is 0 Å². The summed E-state index contributed by atoms with van der Waals surface area (Å²) in [6, 6.07) is 0. The molecule has 3 nitrogen and oxygen atoms in total. The average Bonchev–Trinajstić information content (AvgIpc) is 2.19. The van der Waals surface area contributed by atoms with Crippen molar-refractivity contribution in [2.45, 2.75) is 18.8 Å². The molecule has 1 aromatic rings. The van der Waals surface area contributed by atoms with Crippen LogP contribution in [0.15, 0.2) is 11.0 Å². The summed E-state index contributed by atoms with van der Waals surface area (Å²) >= 11 is 7.53. The fraction of sp³-hybridized carbons (Fsp3) is 0.556. The zero-order valence-electron chi connectivity index (χ0n) is 7.62. The van der Waals surface area contributed by atoms with Crippen molar-refractivity contribution >= 4 is 23.4 Å². The van der Waals surface area contributed by atoms with Crippen LogP contribution in [0.2, 0.25) is 5.28 Å². The van der Waals surface area contributed by atoms with Crippen LogP contribution < -0.4 is 5.56 Å². The van der Waals surface area contributed by atoms with Crippen molar-refractivity contribution in [3.63, 3.8) is 0 Å². The molecule has 1 aromatic heterocycles. The van der Waals surface area contributed by atoms with Crippen molar-refractivity contribution < 1.29 is 0 Å². The van der Waals surface area contributed by atoms with Gasteiger partial charge in [-0.25, -0.2) is 4.98 Å². The van der Waals surface area contributed by atoms with E-state index in [9.17, 15) is 4.79 Å². The Morgan fingerprint density at radius 1 is 1.50 bits per heavy atom. The Bertz CT molecular complexity index is 373. The van der Waals surface area contributed by atoms with Gasteiger partial charge in [0.05, 0.1) is 0 Å². The highest BCUT2D eigenvalue weighted by Crippen LogP contribution is 2.29. The van der Waals surface area contributed by atoms with Crippen molar-refractivity contribution in [3.05, 3.63) is 27.4 Å². The van der Waals surface area contributed by atoms with E-state index in [2.05, 4.69) is 9.97 Å². The molecule has 14 heavy (non-hydrogen) atoms. The number of rotatable bonds is 1. The Hall–Kier alpha value is -0.480. The summed E-state index contributed by atoms with van der Waals surface area (Å²) in [5, 5.41) is 0.170. The standard InChI is InChI=1S/C9H11ClN2OS/c10-9-11-5-7(8(13)12-9)6-1-3-14-4-2-6/h5-6H,1-4H2,(H,11,12,13). The van der Waals surface area contributed by atoms with E-state index < -0.39 is 0 Å². The smallest absolute Gasteiger partial charge is 0.255 e. The second kappa shape index (κ2) is 4.36. The molecule has 0 saturated carbocycles. The van der Waals surface area contributed by atoms with E-state index in [1.54, 1.807) is 6.20 Å². The number of nitrogens with zero attached hydrogens (tertiary/aromatic N) is 1. The van der Waals surface area contributed by atoms with E-state index in [0.29, 0.717) is 5.92 Å². The first kappa shape index (κ1) is 10.1. The molecule has 0 aliphatic carbocycles. The normalized spacial score (nSPS) is 18.4. The summed E-state index contributed by atoms with van der Waals surface area (Å²) in [7, 11) is 0. The largest absolute Gasteiger partial charge is 0.297 e. The summed E-state index contributed by atoms with van der Waals surface area (Å²) in [6.07, 6.45) is 3.75. The molecule has 2 rings (SSSR count).